The predicted octanol–water partition coefficient (Wildman–Crippen LogP) is 5.19. The van der Waals surface area contributed by atoms with Crippen molar-refractivity contribution in [3.8, 4) is 0 Å². The summed E-state index contributed by atoms with van der Waals surface area (Å²) in [6.07, 6.45) is 2.38. The van der Waals surface area contributed by atoms with Crippen LogP contribution in [0.5, 0.6) is 0 Å². The van der Waals surface area contributed by atoms with Gasteiger partial charge in [-0.3, -0.25) is 0 Å². The van der Waals surface area contributed by atoms with Crippen molar-refractivity contribution in [2.45, 2.75) is 61.3 Å². The van der Waals surface area contributed by atoms with Crippen molar-refractivity contribution in [3.63, 3.8) is 0 Å². The molecule has 0 aliphatic heterocycles. The predicted molar refractivity (Wildman–Crippen MR) is 68.3 cm³/mol. The van der Waals surface area contributed by atoms with Gasteiger partial charge in [-0.25, -0.2) is 0 Å². The molecule has 0 aliphatic rings. The van der Waals surface area contributed by atoms with Crippen LogP contribution in [-0.4, -0.2) is 0 Å². The van der Waals surface area contributed by atoms with Gasteiger partial charge in [0.1, 0.15) is 0 Å². The van der Waals surface area contributed by atoms with Gasteiger partial charge in [-0.15, -0.1) is 0 Å². The zero-order valence-corrected chi connectivity index (χ0v) is 14.8. The first-order valence-electron chi connectivity index (χ1n) is 6.15. The second-order valence-corrected chi connectivity index (χ2v) is 5.24. The monoisotopic (exact) mass is 288 g/mol. The molecule has 0 fully saturated rings. The maximum Gasteiger partial charge on any atom is 0 e. The Kier molecular flexibility index (Phi) is 18.8. The van der Waals surface area contributed by atoms with Crippen molar-refractivity contribution in [1.29, 1.82) is 0 Å². The maximum atomic E-state index is 3.69. The van der Waals surface area contributed by atoms with Crippen LogP contribution in [0.4, 0.5) is 0 Å². The second-order valence-electron chi connectivity index (χ2n) is 5.24. The quantitative estimate of drug-likeness (QED) is 0.625. The van der Waals surface area contributed by atoms with Crippen LogP contribution in [0.3, 0.4) is 0 Å². The van der Waals surface area contributed by atoms with Crippen molar-refractivity contribution in [2.75, 3.05) is 0 Å². The zero-order valence-electron chi connectivity index (χ0n) is 12.0. The Morgan fingerprint density at radius 3 is 1.13 bits per heavy atom. The van der Waals surface area contributed by atoms with Crippen molar-refractivity contribution in [3.05, 3.63) is 6.92 Å². The van der Waals surface area contributed by atoms with Crippen LogP contribution in [0.15, 0.2) is 0 Å². The molecule has 0 spiro atoms. The average molecular weight is 288 g/mol. The number of rotatable bonds is 4. The van der Waals surface area contributed by atoms with Gasteiger partial charge in [0.25, 0.3) is 0 Å². The third-order valence-corrected chi connectivity index (χ3v) is 2.76. The SMILES string of the molecule is CCC(C(C)C)C(C)C.[CH2-]CC(C)C.[Y]. The molecule has 0 aromatic carbocycles. The van der Waals surface area contributed by atoms with Gasteiger partial charge in [0.2, 0.25) is 0 Å². The third kappa shape index (κ3) is 15.1. The molecule has 1 heteroatoms. The van der Waals surface area contributed by atoms with Crippen LogP contribution >= 0.6 is 0 Å². The standard InChI is InChI=1S/C9H20.C5H11.Y/c1-6-9(7(2)3)8(4)5;1-4-5(2)3;/h7-9H,6H2,1-5H3;5H,1,4H2,2-3H3;/q;-1;. The van der Waals surface area contributed by atoms with Crippen molar-refractivity contribution in [1.82, 2.24) is 0 Å². The first kappa shape index (κ1) is 21.4. The fourth-order valence-electron chi connectivity index (χ4n) is 1.71. The Bertz CT molecular complexity index is 97.9. The van der Waals surface area contributed by atoms with E-state index in [1.807, 2.05) is 0 Å². The van der Waals surface area contributed by atoms with Crippen LogP contribution < -0.4 is 0 Å². The molecule has 15 heavy (non-hydrogen) atoms. The summed E-state index contributed by atoms with van der Waals surface area (Å²) >= 11 is 0. The molecule has 0 saturated carbocycles. The zero-order chi connectivity index (χ0) is 11.7. The van der Waals surface area contributed by atoms with E-state index >= 15 is 0 Å². The largest absolute Gasteiger partial charge is 0.343 e. The third-order valence-electron chi connectivity index (χ3n) is 2.76. The molecule has 0 aromatic rings. The van der Waals surface area contributed by atoms with Crippen molar-refractivity contribution < 1.29 is 32.7 Å². The Hall–Kier alpha value is 1.10. The maximum absolute atomic E-state index is 3.69. The molecule has 0 saturated heterocycles. The summed E-state index contributed by atoms with van der Waals surface area (Å²) < 4.78 is 0. The Labute approximate surface area is 124 Å². The molecule has 91 valence electrons. The van der Waals surface area contributed by atoms with E-state index in [-0.39, 0.29) is 32.7 Å². The fourth-order valence-corrected chi connectivity index (χ4v) is 1.71. The Morgan fingerprint density at radius 2 is 1.13 bits per heavy atom. The molecule has 0 atom stereocenters. The molecule has 0 aromatic heterocycles. The smallest absolute Gasteiger partial charge is 0 e. The van der Waals surface area contributed by atoms with Crippen LogP contribution in [0.2, 0.25) is 0 Å². The minimum Gasteiger partial charge on any atom is -0.343 e. The first-order valence-corrected chi connectivity index (χ1v) is 6.15. The molecular weight excluding hydrogens is 257 g/mol. The molecular formula is C14H31Y-. The molecule has 0 nitrogen and oxygen atoms in total. The first-order chi connectivity index (χ1) is 6.36. The van der Waals surface area contributed by atoms with Crippen LogP contribution in [0.1, 0.15) is 61.3 Å². The summed E-state index contributed by atoms with van der Waals surface area (Å²) in [5, 5.41) is 0. The second kappa shape index (κ2) is 13.2. The van der Waals surface area contributed by atoms with Crippen LogP contribution in [-0.2, 0) is 32.7 Å². The van der Waals surface area contributed by atoms with E-state index in [4.69, 9.17) is 0 Å². The molecule has 0 rings (SSSR count). The van der Waals surface area contributed by atoms with E-state index in [0.29, 0.717) is 0 Å². The van der Waals surface area contributed by atoms with Crippen LogP contribution in [0, 0.1) is 30.6 Å². The van der Waals surface area contributed by atoms with Crippen molar-refractivity contribution >= 4 is 0 Å². The Morgan fingerprint density at radius 1 is 0.867 bits per heavy atom. The van der Waals surface area contributed by atoms with E-state index in [0.717, 1.165) is 30.1 Å². The van der Waals surface area contributed by atoms with Gasteiger partial charge in [0, 0.05) is 32.7 Å². The molecule has 0 heterocycles. The fraction of sp³-hybridized carbons (Fsp3) is 0.929. The number of hydrogen-bond acceptors (Lipinski definition) is 0. The summed E-state index contributed by atoms with van der Waals surface area (Å²) in [7, 11) is 0. The van der Waals surface area contributed by atoms with Gasteiger partial charge in [0.15, 0.2) is 0 Å². The van der Waals surface area contributed by atoms with Gasteiger partial charge in [-0.2, -0.15) is 6.42 Å². The summed E-state index contributed by atoms with van der Waals surface area (Å²) in [5.74, 6) is 3.41. The Balaban J connectivity index is -0.000000208. The van der Waals surface area contributed by atoms with E-state index in [9.17, 15) is 0 Å². The summed E-state index contributed by atoms with van der Waals surface area (Å²) in [6.45, 7) is 19.5. The molecule has 0 bridgehead atoms. The molecule has 0 amide bonds. The van der Waals surface area contributed by atoms with E-state index in [1.54, 1.807) is 0 Å². The molecule has 0 unspecified atom stereocenters. The topological polar surface area (TPSA) is 0 Å². The van der Waals surface area contributed by atoms with E-state index in [1.165, 1.54) is 6.42 Å². The van der Waals surface area contributed by atoms with Crippen molar-refractivity contribution in [2.24, 2.45) is 23.7 Å². The van der Waals surface area contributed by atoms with E-state index < -0.39 is 0 Å². The summed E-state index contributed by atoms with van der Waals surface area (Å²) in [5.41, 5.74) is 0. The minimum atomic E-state index is 0. The van der Waals surface area contributed by atoms with Gasteiger partial charge in [0.05, 0.1) is 0 Å². The van der Waals surface area contributed by atoms with Gasteiger partial charge >= 0.3 is 0 Å². The summed E-state index contributed by atoms with van der Waals surface area (Å²) in [4.78, 5) is 0. The van der Waals surface area contributed by atoms with Gasteiger partial charge in [-0.1, -0.05) is 60.8 Å². The van der Waals surface area contributed by atoms with Crippen LogP contribution in [0.25, 0.3) is 0 Å². The molecule has 1 radical (unpaired) electrons. The molecule has 0 N–H and O–H groups in total. The normalized spacial score (nSPS) is 10.4. The summed E-state index contributed by atoms with van der Waals surface area (Å²) in [6, 6.07) is 0. The molecule has 0 aliphatic carbocycles. The van der Waals surface area contributed by atoms with Gasteiger partial charge in [-0.05, 0) is 17.8 Å². The van der Waals surface area contributed by atoms with Gasteiger partial charge < -0.3 is 6.92 Å². The number of hydrogen-bond donors (Lipinski definition) is 0. The van der Waals surface area contributed by atoms with E-state index in [2.05, 4.69) is 55.4 Å². The minimum absolute atomic E-state index is 0. The average Bonchev–Trinajstić information content (AvgIpc) is 2.05.